The van der Waals surface area contributed by atoms with Gasteiger partial charge in [-0.3, -0.25) is 9.78 Å². The van der Waals surface area contributed by atoms with Crippen LogP contribution in [0.15, 0.2) is 77.7 Å². The summed E-state index contributed by atoms with van der Waals surface area (Å²) in [6.07, 6.45) is 8.76. The number of benzene rings is 1. The van der Waals surface area contributed by atoms with E-state index >= 15 is 0 Å². The van der Waals surface area contributed by atoms with E-state index in [1.807, 2.05) is 48.5 Å². The fourth-order valence-corrected chi connectivity index (χ4v) is 3.92. The molecule has 6 rings (SSSR count). The SMILES string of the molecule is O=C(NCc1cccnc1)c1cnn(-c2nccc(-c3cc4ccccc4o3)n2)c1C1CC1. The lowest BCUT2D eigenvalue weighted by atomic mass is 10.1. The van der Waals surface area contributed by atoms with Crippen LogP contribution in [0.1, 0.15) is 40.4 Å². The Labute approximate surface area is 189 Å². The number of nitrogens with one attached hydrogen (secondary N) is 1. The Kier molecular flexibility index (Phi) is 4.68. The van der Waals surface area contributed by atoms with Crippen LogP contribution in [0.3, 0.4) is 0 Å². The summed E-state index contributed by atoms with van der Waals surface area (Å²) in [6, 6.07) is 15.4. The lowest BCUT2D eigenvalue weighted by Gasteiger charge is -2.09. The number of hydrogen-bond donors (Lipinski definition) is 1. The van der Waals surface area contributed by atoms with Crippen LogP contribution in [0.2, 0.25) is 0 Å². The molecule has 8 heteroatoms. The highest BCUT2D eigenvalue weighted by Crippen LogP contribution is 2.42. The van der Waals surface area contributed by atoms with Gasteiger partial charge in [-0.2, -0.15) is 5.10 Å². The smallest absolute Gasteiger partial charge is 0.255 e. The minimum atomic E-state index is -0.166. The minimum absolute atomic E-state index is 0.166. The van der Waals surface area contributed by atoms with Crippen LogP contribution in [-0.4, -0.2) is 30.6 Å². The fraction of sp³-hybridized carbons (Fsp3) is 0.160. The topological polar surface area (TPSA) is 98.7 Å². The Morgan fingerprint density at radius 2 is 2.00 bits per heavy atom. The number of hydrogen-bond acceptors (Lipinski definition) is 6. The van der Waals surface area contributed by atoms with Crippen molar-refractivity contribution in [3.8, 4) is 17.4 Å². The third kappa shape index (κ3) is 3.76. The van der Waals surface area contributed by atoms with Crippen molar-refractivity contribution in [2.45, 2.75) is 25.3 Å². The zero-order chi connectivity index (χ0) is 22.2. The number of carbonyl (C=O) groups is 1. The molecular formula is C25H20N6O2. The first-order valence-corrected chi connectivity index (χ1v) is 10.8. The van der Waals surface area contributed by atoms with Gasteiger partial charge < -0.3 is 9.73 Å². The van der Waals surface area contributed by atoms with Crippen molar-refractivity contribution in [3.05, 3.63) is 90.1 Å². The highest BCUT2D eigenvalue weighted by molar-refractivity contribution is 5.95. The van der Waals surface area contributed by atoms with Crippen molar-refractivity contribution < 1.29 is 9.21 Å². The van der Waals surface area contributed by atoms with Crippen LogP contribution < -0.4 is 5.32 Å². The first kappa shape index (κ1) is 19.4. The molecule has 1 N–H and O–H groups in total. The first-order valence-electron chi connectivity index (χ1n) is 10.8. The van der Waals surface area contributed by atoms with Gasteiger partial charge in [-0.25, -0.2) is 14.6 Å². The molecular weight excluding hydrogens is 416 g/mol. The van der Waals surface area contributed by atoms with Gasteiger partial charge in [0.2, 0.25) is 0 Å². The molecule has 0 radical (unpaired) electrons. The lowest BCUT2D eigenvalue weighted by molar-refractivity contribution is 0.0950. The summed E-state index contributed by atoms with van der Waals surface area (Å²) < 4.78 is 7.65. The molecule has 0 spiro atoms. The van der Waals surface area contributed by atoms with Gasteiger partial charge >= 0.3 is 0 Å². The molecule has 0 unspecified atom stereocenters. The predicted molar refractivity (Wildman–Crippen MR) is 122 cm³/mol. The summed E-state index contributed by atoms with van der Waals surface area (Å²) in [5, 5.41) is 8.47. The van der Waals surface area contributed by atoms with Crippen LogP contribution in [0.5, 0.6) is 0 Å². The van der Waals surface area contributed by atoms with E-state index < -0.39 is 0 Å². The highest BCUT2D eigenvalue weighted by Gasteiger charge is 2.33. The van der Waals surface area contributed by atoms with E-state index in [-0.39, 0.29) is 11.8 Å². The molecule has 0 saturated heterocycles. The van der Waals surface area contributed by atoms with Crippen molar-refractivity contribution in [1.29, 1.82) is 0 Å². The van der Waals surface area contributed by atoms with Crippen LogP contribution in [0.4, 0.5) is 0 Å². The first-order chi connectivity index (χ1) is 16.3. The summed E-state index contributed by atoms with van der Waals surface area (Å²) in [7, 11) is 0. The average molecular weight is 436 g/mol. The molecule has 1 aliphatic carbocycles. The standard InChI is InChI=1S/C25H20N6O2/c32-24(28-14-16-4-3-10-26-13-16)19-15-29-31(23(19)17-7-8-17)25-27-11-9-20(30-25)22-12-18-5-1-2-6-21(18)33-22/h1-6,9-13,15,17H,7-8,14H2,(H,28,32). The summed E-state index contributed by atoms with van der Waals surface area (Å²) in [5.41, 5.74) is 3.81. The van der Waals surface area contributed by atoms with Crippen LogP contribution in [-0.2, 0) is 6.54 Å². The van der Waals surface area contributed by atoms with Gasteiger partial charge in [0.25, 0.3) is 11.9 Å². The maximum atomic E-state index is 13.0. The molecule has 0 aliphatic heterocycles. The van der Waals surface area contributed by atoms with Crippen LogP contribution >= 0.6 is 0 Å². The Morgan fingerprint density at radius 1 is 1.09 bits per heavy atom. The molecule has 1 saturated carbocycles. The molecule has 0 atom stereocenters. The number of para-hydroxylation sites is 1. The summed E-state index contributed by atoms with van der Waals surface area (Å²) >= 11 is 0. The molecule has 1 aliphatic rings. The second-order valence-electron chi connectivity index (χ2n) is 8.06. The van der Waals surface area contributed by atoms with E-state index in [9.17, 15) is 4.79 Å². The molecule has 162 valence electrons. The largest absolute Gasteiger partial charge is 0.454 e. The van der Waals surface area contributed by atoms with Gasteiger partial charge in [0, 0.05) is 36.4 Å². The number of furan rings is 1. The van der Waals surface area contributed by atoms with E-state index in [0.29, 0.717) is 29.5 Å². The minimum Gasteiger partial charge on any atom is -0.454 e. The lowest BCUT2D eigenvalue weighted by Crippen LogP contribution is -2.24. The maximum Gasteiger partial charge on any atom is 0.255 e. The van der Waals surface area contributed by atoms with Gasteiger partial charge in [-0.1, -0.05) is 24.3 Å². The second kappa shape index (κ2) is 7.98. The number of fused-ring (bicyclic) bond motifs is 1. The third-order valence-corrected chi connectivity index (χ3v) is 5.70. The van der Waals surface area contributed by atoms with E-state index in [4.69, 9.17) is 9.40 Å². The van der Waals surface area contributed by atoms with Crippen molar-refractivity contribution >= 4 is 16.9 Å². The van der Waals surface area contributed by atoms with Gasteiger partial charge in [-0.15, -0.1) is 0 Å². The molecule has 0 bridgehead atoms. The Bertz CT molecular complexity index is 1420. The Balaban J connectivity index is 1.32. The monoisotopic (exact) mass is 436 g/mol. The van der Waals surface area contributed by atoms with E-state index in [1.165, 1.54) is 0 Å². The fourth-order valence-electron chi connectivity index (χ4n) is 3.92. The van der Waals surface area contributed by atoms with Crippen molar-refractivity contribution in [2.75, 3.05) is 0 Å². The van der Waals surface area contributed by atoms with E-state index in [2.05, 4.69) is 20.4 Å². The Morgan fingerprint density at radius 3 is 2.82 bits per heavy atom. The summed E-state index contributed by atoms with van der Waals surface area (Å²) in [5.74, 6) is 1.18. The highest BCUT2D eigenvalue weighted by atomic mass is 16.3. The third-order valence-electron chi connectivity index (χ3n) is 5.70. The quantitative estimate of drug-likeness (QED) is 0.427. The van der Waals surface area contributed by atoms with Crippen molar-refractivity contribution in [3.63, 3.8) is 0 Å². The number of amides is 1. The number of nitrogens with zero attached hydrogens (tertiary/aromatic N) is 5. The van der Waals surface area contributed by atoms with Gasteiger partial charge in [0.15, 0.2) is 5.76 Å². The molecule has 5 aromatic rings. The van der Waals surface area contributed by atoms with Gasteiger partial charge in [0.05, 0.1) is 17.5 Å². The van der Waals surface area contributed by atoms with Crippen LogP contribution in [0.25, 0.3) is 28.4 Å². The van der Waals surface area contributed by atoms with Crippen molar-refractivity contribution in [1.82, 2.24) is 30.0 Å². The molecule has 4 aromatic heterocycles. The zero-order valence-electron chi connectivity index (χ0n) is 17.7. The number of aromatic nitrogens is 5. The zero-order valence-corrected chi connectivity index (χ0v) is 17.7. The molecule has 33 heavy (non-hydrogen) atoms. The molecule has 1 aromatic carbocycles. The molecule has 8 nitrogen and oxygen atoms in total. The average Bonchev–Trinajstić information content (AvgIpc) is 3.45. The summed E-state index contributed by atoms with van der Waals surface area (Å²) in [6.45, 7) is 0.403. The maximum absolute atomic E-state index is 13.0. The molecule has 1 amide bonds. The van der Waals surface area contributed by atoms with Gasteiger partial charge in [-0.05, 0) is 42.7 Å². The van der Waals surface area contributed by atoms with Crippen molar-refractivity contribution in [2.24, 2.45) is 0 Å². The van der Waals surface area contributed by atoms with E-state index in [0.717, 1.165) is 35.1 Å². The number of pyridine rings is 1. The second-order valence-corrected chi connectivity index (χ2v) is 8.06. The normalized spacial score (nSPS) is 13.3. The molecule has 1 fully saturated rings. The predicted octanol–water partition coefficient (Wildman–Crippen LogP) is 4.28. The van der Waals surface area contributed by atoms with Crippen LogP contribution in [0, 0.1) is 0 Å². The van der Waals surface area contributed by atoms with Gasteiger partial charge in [0.1, 0.15) is 11.3 Å². The Hall–Kier alpha value is -4.33. The number of rotatable bonds is 6. The molecule has 4 heterocycles. The summed E-state index contributed by atoms with van der Waals surface area (Å²) in [4.78, 5) is 26.2. The van der Waals surface area contributed by atoms with E-state index in [1.54, 1.807) is 29.5 Å². The number of carbonyl (C=O) groups excluding carboxylic acids is 1.